The standard InChI is InChI=1S/C28H36FN3O3/c29-24-14-22-25(32(20-8-9-20)17-23(27(22)33)28(34)35)15-26(24)31-12-10-30(11-13-31)16-19-6-3-5-18-4-1-2-7-21(18)19/h14-15,17-21H,1-13,16H2,(H,34,35). The lowest BCUT2D eigenvalue weighted by Gasteiger charge is -2.45. The molecule has 0 spiro atoms. The van der Waals surface area contributed by atoms with E-state index in [0.717, 1.165) is 56.8 Å². The van der Waals surface area contributed by atoms with Gasteiger partial charge in [0.1, 0.15) is 11.4 Å². The highest BCUT2D eigenvalue weighted by Crippen LogP contribution is 2.44. The second kappa shape index (κ2) is 9.23. The second-order valence-electron chi connectivity index (χ2n) is 11.3. The highest BCUT2D eigenvalue weighted by Gasteiger charge is 2.36. The maximum Gasteiger partial charge on any atom is 0.341 e. The van der Waals surface area contributed by atoms with Gasteiger partial charge in [0, 0.05) is 50.3 Å². The van der Waals surface area contributed by atoms with Crippen molar-refractivity contribution in [3.8, 4) is 0 Å². The van der Waals surface area contributed by atoms with Crippen LogP contribution in [0.1, 0.15) is 74.2 Å². The van der Waals surface area contributed by atoms with Gasteiger partial charge in [0.15, 0.2) is 0 Å². The summed E-state index contributed by atoms with van der Waals surface area (Å²) in [6.07, 6.45) is 13.2. The van der Waals surface area contributed by atoms with Gasteiger partial charge < -0.3 is 14.6 Å². The molecule has 3 unspecified atom stereocenters. The summed E-state index contributed by atoms with van der Waals surface area (Å²) in [7, 11) is 0. The minimum atomic E-state index is -1.26. The number of halogens is 1. The Morgan fingerprint density at radius 1 is 0.971 bits per heavy atom. The molecule has 6 nitrogen and oxygen atoms in total. The predicted molar refractivity (Wildman–Crippen MR) is 135 cm³/mol. The number of carboxylic acid groups (broad SMARTS) is 1. The van der Waals surface area contributed by atoms with Crippen LogP contribution in [-0.4, -0.2) is 53.3 Å². The number of hydrogen-bond donors (Lipinski definition) is 1. The Bertz CT molecular complexity index is 1180. The van der Waals surface area contributed by atoms with Gasteiger partial charge in [0.2, 0.25) is 5.43 Å². The number of piperazine rings is 1. The number of pyridine rings is 1. The van der Waals surface area contributed by atoms with Gasteiger partial charge in [-0.3, -0.25) is 9.69 Å². The molecule has 4 aliphatic rings. The third-order valence-electron chi connectivity index (χ3n) is 9.20. The molecule has 3 atom stereocenters. The first-order valence-corrected chi connectivity index (χ1v) is 13.6. The molecule has 7 heteroatoms. The van der Waals surface area contributed by atoms with E-state index in [9.17, 15) is 14.7 Å². The largest absolute Gasteiger partial charge is 0.477 e. The number of aromatic nitrogens is 1. The van der Waals surface area contributed by atoms with Crippen LogP contribution in [0.2, 0.25) is 0 Å². The molecule has 0 radical (unpaired) electrons. The Hall–Kier alpha value is -2.41. The zero-order valence-corrected chi connectivity index (χ0v) is 20.4. The average Bonchev–Trinajstić information content (AvgIpc) is 3.70. The van der Waals surface area contributed by atoms with Crippen LogP contribution in [-0.2, 0) is 0 Å². The van der Waals surface area contributed by atoms with Crippen molar-refractivity contribution in [1.82, 2.24) is 9.47 Å². The smallest absolute Gasteiger partial charge is 0.341 e. The molecule has 2 aromatic rings. The number of nitrogens with zero attached hydrogens (tertiary/aromatic N) is 3. The number of carboxylic acids is 1. The first-order chi connectivity index (χ1) is 17.0. The zero-order chi connectivity index (χ0) is 24.1. The molecule has 1 aromatic heterocycles. The fourth-order valence-corrected chi connectivity index (χ4v) is 7.21. The molecular formula is C28H36FN3O3. The summed E-state index contributed by atoms with van der Waals surface area (Å²) in [4.78, 5) is 29.0. The van der Waals surface area contributed by atoms with Crippen molar-refractivity contribution in [2.45, 2.75) is 63.8 Å². The van der Waals surface area contributed by atoms with Gasteiger partial charge >= 0.3 is 5.97 Å². The van der Waals surface area contributed by atoms with E-state index < -0.39 is 17.2 Å². The summed E-state index contributed by atoms with van der Waals surface area (Å²) in [5.74, 6) is 0.966. The molecule has 1 aromatic carbocycles. The number of benzene rings is 1. The van der Waals surface area contributed by atoms with E-state index in [-0.39, 0.29) is 17.0 Å². The van der Waals surface area contributed by atoms with Crippen molar-refractivity contribution in [2.24, 2.45) is 17.8 Å². The number of anilines is 1. The lowest BCUT2D eigenvalue weighted by molar-refractivity contribution is 0.0695. The number of carbonyl (C=O) groups is 1. The summed E-state index contributed by atoms with van der Waals surface area (Å²) < 4.78 is 17.1. The van der Waals surface area contributed by atoms with Gasteiger partial charge in [-0.1, -0.05) is 32.1 Å². The van der Waals surface area contributed by atoms with E-state index in [1.165, 1.54) is 63.8 Å². The molecule has 1 saturated heterocycles. The Morgan fingerprint density at radius 2 is 1.71 bits per heavy atom. The summed E-state index contributed by atoms with van der Waals surface area (Å²) in [6.45, 7) is 4.57. The summed E-state index contributed by atoms with van der Waals surface area (Å²) in [5, 5.41) is 9.63. The van der Waals surface area contributed by atoms with Gasteiger partial charge in [0.05, 0.1) is 11.2 Å². The Kier molecular flexibility index (Phi) is 6.07. The molecule has 6 rings (SSSR count). The molecule has 3 saturated carbocycles. The van der Waals surface area contributed by atoms with Crippen LogP contribution >= 0.6 is 0 Å². The van der Waals surface area contributed by atoms with E-state index >= 15 is 4.39 Å². The minimum absolute atomic E-state index is 0.163. The fourth-order valence-electron chi connectivity index (χ4n) is 7.21. The summed E-state index contributed by atoms with van der Waals surface area (Å²) in [5.41, 5.74) is 0.284. The van der Waals surface area contributed by atoms with Crippen molar-refractivity contribution in [3.05, 3.63) is 39.9 Å². The normalized spacial score (nSPS) is 27.7. The molecule has 0 amide bonds. The first-order valence-electron chi connectivity index (χ1n) is 13.6. The lowest BCUT2D eigenvalue weighted by Crippen LogP contribution is -2.49. The molecule has 0 bridgehead atoms. The van der Waals surface area contributed by atoms with Crippen LogP contribution in [0.25, 0.3) is 10.9 Å². The van der Waals surface area contributed by atoms with Crippen LogP contribution in [0.4, 0.5) is 10.1 Å². The third-order valence-corrected chi connectivity index (χ3v) is 9.20. The van der Waals surface area contributed by atoms with Crippen LogP contribution in [0.5, 0.6) is 0 Å². The highest BCUT2D eigenvalue weighted by molar-refractivity contribution is 5.93. The summed E-state index contributed by atoms with van der Waals surface area (Å²) >= 11 is 0. The van der Waals surface area contributed by atoms with Crippen LogP contribution in [0.15, 0.2) is 23.1 Å². The first kappa shape index (κ1) is 23.0. The van der Waals surface area contributed by atoms with Gasteiger partial charge in [-0.05, 0) is 55.6 Å². The topological polar surface area (TPSA) is 65.8 Å². The monoisotopic (exact) mass is 481 g/mol. The van der Waals surface area contributed by atoms with Gasteiger partial charge in [-0.25, -0.2) is 9.18 Å². The van der Waals surface area contributed by atoms with E-state index in [2.05, 4.69) is 9.80 Å². The lowest BCUT2D eigenvalue weighted by atomic mass is 9.65. The Balaban J connectivity index is 1.20. The van der Waals surface area contributed by atoms with Crippen molar-refractivity contribution in [2.75, 3.05) is 37.6 Å². The second-order valence-corrected chi connectivity index (χ2v) is 11.3. The zero-order valence-electron chi connectivity index (χ0n) is 20.4. The molecule has 35 heavy (non-hydrogen) atoms. The predicted octanol–water partition coefficient (Wildman–Crippen LogP) is 4.90. The third kappa shape index (κ3) is 4.37. The summed E-state index contributed by atoms with van der Waals surface area (Å²) in [6, 6.07) is 3.22. The Labute approximate surface area is 205 Å². The van der Waals surface area contributed by atoms with Crippen molar-refractivity contribution in [3.63, 3.8) is 0 Å². The van der Waals surface area contributed by atoms with Crippen LogP contribution in [0.3, 0.4) is 0 Å². The van der Waals surface area contributed by atoms with E-state index in [4.69, 9.17) is 0 Å². The van der Waals surface area contributed by atoms with Gasteiger partial charge in [0.25, 0.3) is 0 Å². The van der Waals surface area contributed by atoms with E-state index in [1.807, 2.05) is 4.57 Å². The molecule has 188 valence electrons. The van der Waals surface area contributed by atoms with Gasteiger partial charge in [-0.15, -0.1) is 0 Å². The molecule has 1 N–H and O–H groups in total. The van der Waals surface area contributed by atoms with Gasteiger partial charge in [-0.2, -0.15) is 0 Å². The molecule has 2 heterocycles. The van der Waals surface area contributed by atoms with E-state index in [0.29, 0.717) is 11.2 Å². The average molecular weight is 482 g/mol. The molecule has 4 fully saturated rings. The number of hydrogen-bond acceptors (Lipinski definition) is 4. The van der Waals surface area contributed by atoms with Crippen LogP contribution in [0, 0.1) is 23.6 Å². The molecule has 3 aliphatic carbocycles. The Morgan fingerprint density at radius 3 is 2.46 bits per heavy atom. The van der Waals surface area contributed by atoms with Crippen LogP contribution < -0.4 is 10.3 Å². The highest BCUT2D eigenvalue weighted by atomic mass is 19.1. The minimum Gasteiger partial charge on any atom is -0.477 e. The molecule has 1 aliphatic heterocycles. The van der Waals surface area contributed by atoms with E-state index in [1.54, 1.807) is 6.07 Å². The SMILES string of the molecule is O=C(O)c1cn(C2CC2)c2cc(N3CCN(CC4CCCC5CCCCC54)CC3)c(F)cc2c1=O. The number of aromatic carboxylic acids is 1. The van der Waals surface area contributed by atoms with Crippen molar-refractivity contribution < 1.29 is 14.3 Å². The quantitative estimate of drug-likeness (QED) is 0.658. The number of fused-ring (bicyclic) bond motifs is 2. The maximum atomic E-state index is 15.3. The number of rotatable bonds is 5. The van der Waals surface area contributed by atoms with Crippen molar-refractivity contribution in [1.29, 1.82) is 0 Å². The fraction of sp³-hybridized carbons (Fsp3) is 0.643. The maximum absolute atomic E-state index is 15.3. The van der Waals surface area contributed by atoms with Crippen molar-refractivity contribution >= 4 is 22.6 Å². The molecular weight excluding hydrogens is 445 g/mol.